The van der Waals surface area contributed by atoms with Gasteiger partial charge in [0.1, 0.15) is 5.54 Å². The summed E-state index contributed by atoms with van der Waals surface area (Å²) in [5, 5.41) is 6.95. The van der Waals surface area contributed by atoms with Crippen LogP contribution >= 0.6 is 0 Å². The van der Waals surface area contributed by atoms with Gasteiger partial charge in [0.25, 0.3) is 5.91 Å². The molecule has 0 saturated carbocycles. The highest BCUT2D eigenvalue weighted by atomic mass is 16.2. The maximum atomic E-state index is 12.0. The topological polar surface area (TPSA) is 67.2 Å². The Morgan fingerprint density at radius 2 is 1.95 bits per heavy atom. The molecule has 1 aromatic heterocycles. The fourth-order valence-corrected chi connectivity index (χ4v) is 2.73. The van der Waals surface area contributed by atoms with E-state index in [1.165, 1.54) is 0 Å². The van der Waals surface area contributed by atoms with Crippen LogP contribution in [0.3, 0.4) is 0 Å². The Morgan fingerprint density at radius 3 is 2.52 bits per heavy atom. The number of nitrogens with zero attached hydrogens (tertiary/aromatic N) is 3. The number of urea groups is 1. The first kappa shape index (κ1) is 15.5. The van der Waals surface area contributed by atoms with Crippen molar-refractivity contribution in [1.82, 2.24) is 20.0 Å². The summed E-state index contributed by atoms with van der Waals surface area (Å²) in [5.74, 6) is -0.227. The molecule has 6 heteroatoms. The third-order valence-corrected chi connectivity index (χ3v) is 4.54. The molecule has 0 bridgehead atoms. The van der Waals surface area contributed by atoms with Gasteiger partial charge in [0.15, 0.2) is 0 Å². The molecule has 6 nitrogen and oxygen atoms in total. The van der Waals surface area contributed by atoms with Crippen LogP contribution < -0.4 is 5.32 Å². The van der Waals surface area contributed by atoms with E-state index >= 15 is 0 Å². The van der Waals surface area contributed by atoms with Gasteiger partial charge < -0.3 is 4.90 Å². The van der Waals surface area contributed by atoms with Crippen molar-refractivity contribution in [2.24, 2.45) is 0 Å². The lowest BCUT2D eigenvalue weighted by Gasteiger charge is -2.30. The quantitative estimate of drug-likeness (QED) is 0.819. The molecule has 1 atom stereocenters. The van der Waals surface area contributed by atoms with Crippen LogP contribution in [-0.2, 0) is 11.3 Å². The molecular formula is C15H24N4O2. The van der Waals surface area contributed by atoms with E-state index in [0.29, 0.717) is 19.0 Å². The van der Waals surface area contributed by atoms with E-state index in [0.717, 1.165) is 18.5 Å². The van der Waals surface area contributed by atoms with Crippen LogP contribution in [-0.4, -0.2) is 32.2 Å². The largest absolute Gasteiger partial charge is 0.325 e. The molecule has 3 amide bonds. The van der Waals surface area contributed by atoms with E-state index in [1.54, 1.807) is 11.8 Å². The van der Waals surface area contributed by atoms with Crippen LogP contribution in [0.15, 0.2) is 12.3 Å². The summed E-state index contributed by atoms with van der Waals surface area (Å²) in [7, 11) is 0. The van der Waals surface area contributed by atoms with Gasteiger partial charge in [0, 0.05) is 6.20 Å². The molecule has 1 N–H and O–H groups in total. The van der Waals surface area contributed by atoms with Crippen molar-refractivity contribution in [3.05, 3.63) is 18.0 Å². The number of hydrogen-bond acceptors (Lipinski definition) is 3. The molecule has 21 heavy (non-hydrogen) atoms. The van der Waals surface area contributed by atoms with Gasteiger partial charge in [-0.05, 0) is 32.3 Å². The lowest BCUT2D eigenvalue weighted by Crippen LogP contribution is -2.46. The van der Waals surface area contributed by atoms with E-state index in [4.69, 9.17) is 0 Å². The minimum absolute atomic E-state index is 0.227. The molecule has 0 aromatic carbocycles. The zero-order valence-corrected chi connectivity index (χ0v) is 13.2. The van der Waals surface area contributed by atoms with E-state index in [-0.39, 0.29) is 11.9 Å². The molecule has 1 aliphatic rings. The first-order valence-corrected chi connectivity index (χ1v) is 7.63. The van der Waals surface area contributed by atoms with Crippen molar-refractivity contribution < 1.29 is 9.59 Å². The number of rotatable bonds is 6. The highest BCUT2D eigenvalue weighted by molar-refractivity contribution is 6.06. The molecule has 116 valence electrons. The minimum atomic E-state index is -0.782. The average Bonchev–Trinajstić information content (AvgIpc) is 3.00. The second kappa shape index (κ2) is 5.87. The summed E-state index contributed by atoms with van der Waals surface area (Å²) in [6, 6.07) is 1.97. The van der Waals surface area contributed by atoms with Crippen LogP contribution in [0.25, 0.3) is 0 Å². The number of imide groups is 1. The summed E-state index contributed by atoms with van der Waals surface area (Å²) < 4.78 is 1.95. The van der Waals surface area contributed by atoms with Crippen LogP contribution in [0.5, 0.6) is 0 Å². The molecule has 0 aliphatic carbocycles. The van der Waals surface area contributed by atoms with Crippen molar-refractivity contribution >= 4 is 11.9 Å². The predicted molar refractivity (Wildman–Crippen MR) is 79.6 cm³/mol. The zero-order chi connectivity index (χ0) is 15.6. The summed E-state index contributed by atoms with van der Waals surface area (Å²) >= 11 is 0. The van der Waals surface area contributed by atoms with Gasteiger partial charge in [-0.15, -0.1) is 0 Å². The minimum Gasteiger partial charge on any atom is -0.304 e. The van der Waals surface area contributed by atoms with Gasteiger partial charge in [0.05, 0.1) is 18.3 Å². The number of nitrogens with one attached hydrogen (secondary N) is 1. The Morgan fingerprint density at radius 1 is 1.29 bits per heavy atom. The monoisotopic (exact) mass is 292 g/mol. The first-order chi connectivity index (χ1) is 9.96. The van der Waals surface area contributed by atoms with Gasteiger partial charge in [-0.1, -0.05) is 20.8 Å². The zero-order valence-electron chi connectivity index (χ0n) is 13.2. The number of amides is 3. The Balaban J connectivity index is 2.18. The Hall–Kier alpha value is -1.85. The van der Waals surface area contributed by atoms with E-state index in [2.05, 4.69) is 24.3 Å². The third kappa shape index (κ3) is 2.66. The highest BCUT2D eigenvalue weighted by Crippen LogP contribution is 2.27. The summed E-state index contributed by atoms with van der Waals surface area (Å²) in [6.45, 7) is 8.33. The maximum Gasteiger partial charge on any atom is 0.325 e. The summed E-state index contributed by atoms with van der Waals surface area (Å²) in [5.41, 5.74) is 0.0295. The normalized spacial score (nSPS) is 22.2. The molecule has 1 aliphatic heterocycles. The molecule has 1 saturated heterocycles. The van der Waals surface area contributed by atoms with Gasteiger partial charge in [-0.3, -0.25) is 14.8 Å². The van der Waals surface area contributed by atoms with Gasteiger partial charge in [-0.25, -0.2) is 4.79 Å². The van der Waals surface area contributed by atoms with Crippen LogP contribution in [0.4, 0.5) is 4.79 Å². The third-order valence-electron chi connectivity index (χ3n) is 4.54. The maximum absolute atomic E-state index is 12.0. The van der Waals surface area contributed by atoms with E-state index < -0.39 is 5.54 Å². The second-order valence-electron chi connectivity index (χ2n) is 5.73. The van der Waals surface area contributed by atoms with Crippen LogP contribution in [0.1, 0.15) is 58.7 Å². The molecule has 2 rings (SSSR count). The van der Waals surface area contributed by atoms with Crippen molar-refractivity contribution in [2.45, 2.75) is 65.1 Å². The average molecular weight is 292 g/mol. The van der Waals surface area contributed by atoms with Crippen LogP contribution in [0, 0.1) is 0 Å². The SMILES string of the molecule is CCC(CC)n1ccc(CN2C(=O)NC(=O)C2(C)CC)n1. The summed E-state index contributed by atoms with van der Waals surface area (Å²) in [6.07, 6.45) is 4.57. The number of carbonyl (C=O) groups excluding carboxylic acids is 2. The molecule has 0 spiro atoms. The smallest absolute Gasteiger partial charge is 0.304 e. The van der Waals surface area contributed by atoms with Gasteiger partial charge in [0.2, 0.25) is 0 Å². The van der Waals surface area contributed by atoms with Crippen molar-refractivity contribution in [2.75, 3.05) is 0 Å². The van der Waals surface area contributed by atoms with Crippen molar-refractivity contribution in [3.63, 3.8) is 0 Å². The van der Waals surface area contributed by atoms with Gasteiger partial charge >= 0.3 is 6.03 Å². The number of aromatic nitrogens is 2. The van der Waals surface area contributed by atoms with E-state index in [1.807, 2.05) is 23.9 Å². The lowest BCUT2D eigenvalue weighted by molar-refractivity contribution is -0.126. The van der Waals surface area contributed by atoms with Crippen molar-refractivity contribution in [1.29, 1.82) is 0 Å². The molecule has 0 radical (unpaired) electrons. The Kier molecular flexibility index (Phi) is 4.34. The predicted octanol–water partition coefficient (Wildman–Crippen LogP) is 2.46. The number of carbonyl (C=O) groups is 2. The fraction of sp³-hybridized carbons (Fsp3) is 0.667. The Labute approximate surface area is 125 Å². The molecule has 1 aromatic rings. The fourth-order valence-electron chi connectivity index (χ4n) is 2.73. The summed E-state index contributed by atoms with van der Waals surface area (Å²) in [4.78, 5) is 25.5. The number of hydrogen-bond donors (Lipinski definition) is 1. The second-order valence-corrected chi connectivity index (χ2v) is 5.73. The molecule has 1 fully saturated rings. The first-order valence-electron chi connectivity index (χ1n) is 7.63. The molecular weight excluding hydrogens is 268 g/mol. The lowest BCUT2D eigenvalue weighted by atomic mass is 9.97. The molecule has 2 heterocycles. The van der Waals surface area contributed by atoms with Crippen molar-refractivity contribution in [3.8, 4) is 0 Å². The highest BCUT2D eigenvalue weighted by Gasteiger charge is 2.47. The Bertz CT molecular complexity index is 536. The molecule has 1 unspecified atom stereocenters. The standard InChI is InChI=1S/C15H24N4O2/c1-5-12(6-2)19-9-8-11(17-19)10-18-14(21)16-13(20)15(18,4)7-3/h8-9,12H,5-7,10H2,1-4H3,(H,16,20,21). The van der Waals surface area contributed by atoms with E-state index in [9.17, 15) is 9.59 Å². The van der Waals surface area contributed by atoms with Crippen LogP contribution in [0.2, 0.25) is 0 Å². The van der Waals surface area contributed by atoms with Gasteiger partial charge in [-0.2, -0.15) is 5.10 Å².